The lowest BCUT2D eigenvalue weighted by Gasteiger charge is -2.06. The van der Waals surface area contributed by atoms with Gasteiger partial charge in [0.15, 0.2) is 0 Å². The summed E-state index contributed by atoms with van der Waals surface area (Å²) in [5.74, 6) is 0.554. The molecule has 0 amide bonds. The quantitative estimate of drug-likeness (QED) is 0.686. The zero-order valence-corrected chi connectivity index (χ0v) is 7.63. The number of anilines is 1. The molecule has 0 aliphatic rings. The molecule has 64 valence electrons. The van der Waals surface area contributed by atoms with Gasteiger partial charge in [0, 0.05) is 5.56 Å². The van der Waals surface area contributed by atoms with E-state index in [4.69, 9.17) is 5.73 Å². The minimum Gasteiger partial charge on any atom is -0.383 e. The summed E-state index contributed by atoms with van der Waals surface area (Å²) in [5.41, 5.74) is 8.71. The number of hydrogen-bond donors (Lipinski definition) is 1. The fourth-order valence-electron chi connectivity index (χ4n) is 1.12. The first-order chi connectivity index (χ1) is 5.66. The van der Waals surface area contributed by atoms with E-state index in [-0.39, 0.29) is 0 Å². The highest BCUT2D eigenvalue weighted by atomic mass is 14.9. The van der Waals surface area contributed by atoms with Crippen LogP contribution in [-0.2, 0) is 0 Å². The van der Waals surface area contributed by atoms with E-state index in [1.165, 1.54) is 6.33 Å². The third-order valence-corrected chi connectivity index (χ3v) is 1.89. The largest absolute Gasteiger partial charge is 0.383 e. The Kier molecular flexibility index (Phi) is 2.43. The van der Waals surface area contributed by atoms with Gasteiger partial charge in [-0.2, -0.15) is 0 Å². The van der Waals surface area contributed by atoms with E-state index in [1.807, 2.05) is 26.8 Å². The predicted octanol–water partition coefficient (Wildman–Crippen LogP) is 1.79. The second-order valence-corrected chi connectivity index (χ2v) is 2.69. The summed E-state index contributed by atoms with van der Waals surface area (Å²) in [4.78, 5) is 8.01. The molecule has 3 nitrogen and oxygen atoms in total. The van der Waals surface area contributed by atoms with Gasteiger partial charge in [-0.05, 0) is 26.3 Å². The molecule has 0 atom stereocenters. The van der Waals surface area contributed by atoms with Crippen molar-refractivity contribution in [2.75, 3.05) is 5.73 Å². The Labute approximate surface area is 72.3 Å². The lowest BCUT2D eigenvalue weighted by molar-refractivity contribution is 1.09. The molecule has 0 aliphatic heterocycles. The Bertz CT molecular complexity index is 295. The van der Waals surface area contributed by atoms with Crippen LogP contribution in [0.1, 0.15) is 25.1 Å². The summed E-state index contributed by atoms with van der Waals surface area (Å²) in [6, 6.07) is 0. The number of nitrogen functional groups attached to an aromatic ring is 1. The molecule has 0 fully saturated rings. The van der Waals surface area contributed by atoms with Gasteiger partial charge in [0.25, 0.3) is 0 Å². The van der Waals surface area contributed by atoms with Gasteiger partial charge in [-0.3, -0.25) is 0 Å². The number of aryl methyl sites for hydroxylation is 1. The molecular weight excluding hydrogens is 150 g/mol. The fourth-order valence-corrected chi connectivity index (χ4v) is 1.12. The van der Waals surface area contributed by atoms with Gasteiger partial charge in [0.05, 0.1) is 5.69 Å². The van der Waals surface area contributed by atoms with Gasteiger partial charge in [-0.1, -0.05) is 6.08 Å². The maximum absolute atomic E-state index is 5.71. The highest BCUT2D eigenvalue weighted by Crippen LogP contribution is 2.20. The van der Waals surface area contributed by atoms with Crippen LogP contribution in [0.4, 0.5) is 5.82 Å². The summed E-state index contributed by atoms with van der Waals surface area (Å²) in [7, 11) is 0. The van der Waals surface area contributed by atoms with Crippen LogP contribution in [0.2, 0.25) is 0 Å². The van der Waals surface area contributed by atoms with Gasteiger partial charge in [-0.25, -0.2) is 9.97 Å². The van der Waals surface area contributed by atoms with Crippen LogP contribution in [0.5, 0.6) is 0 Å². The van der Waals surface area contributed by atoms with Gasteiger partial charge in [-0.15, -0.1) is 0 Å². The highest BCUT2D eigenvalue weighted by molar-refractivity contribution is 5.72. The number of nitrogens with zero attached hydrogens (tertiary/aromatic N) is 2. The van der Waals surface area contributed by atoms with E-state index in [2.05, 4.69) is 9.97 Å². The molecule has 1 heterocycles. The molecule has 2 N–H and O–H groups in total. The van der Waals surface area contributed by atoms with Crippen LogP contribution >= 0.6 is 0 Å². The second-order valence-electron chi connectivity index (χ2n) is 2.69. The lowest BCUT2D eigenvalue weighted by atomic mass is 10.1. The smallest absolute Gasteiger partial charge is 0.134 e. The predicted molar refractivity (Wildman–Crippen MR) is 50.5 cm³/mol. The van der Waals surface area contributed by atoms with Crippen molar-refractivity contribution in [1.82, 2.24) is 9.97 Å². The van der Waals surface area contributed by atoms with E-state index >= 15 is 0 Å². The number of allylic oxidation sites excluding steroid dienone is 2. The summed E-state index contributed by atoms with van der Waals surface area (Å²) in [6.07, 6.45) is 3.49. The number of hydrogen-bond acceptors (Lipinski definition) is 3. The highest BCUT2D eigenvalue weighted by Gasteiger charge is 2.05. The maximum Gasteiger partial charge on any atom is 0.134 e. The van der Waals surface area contributed by atoms with Crippen molar-refractivity contribution in [2.24, 2.45) is 0 Å². The molecule has 0 saturated heterocycles. The van der Waals surface area contributed by atoms with Crippen LogP contribution in [0.15, 0.2) is 12.4 Å². The van der Waals surface area contributed by atoms with E-state index < -0.39 is 0 Å². The van der Waals surface area contributed by atoms with Crippen LogP contribution in [0, 0.1) is 6.92 Å². The van der Waals surface area contributed by atoms with Crippen molar-refractivity contribution in [1.29, 1.82) is 0 Å². The normalized spacial score (nSPS) is 11.8. The molecule has 12 heavy (non-hydrogen) atoms. The zero-order valence-electron chi connectivity index (χ0n) is 7.63. The molecule has 0 aromatic carbocycles. The molecule has 1 aromatic rings. The third-order valence-electron chi connectivity index (χ3n) is 1.89. The van der Waals surface area contributed by atoms with Crippen LogP contribution in [0.3, 0.4) is 0 Å². The van der Waals surface area contributed by atoms with Crippen LogP contribution in [-0.4, -0.2) is 9.97 Å². The van der Waals surface area contributed by atoms with E-state index in [0.717, 1.165) is 16.8 Å². The molecule has 1 aromatic heterocycles. The van der Waals surface area contributed by atoms with E-state index in [1.54, 1.807) is 0 Å². The van der Waals surface area contributed by atoms with Crippen molar-refractivity contribution in [2.45, 2.75) is 20.8 Å². The molecule has 0 aliphatic carbocycles. The SMILES string of the molecule is C/C=C(/C)c1c(C)ncnc1N. The van der Waals surface area contributed by atoms with Crippen molar-refractivity contribution in [3.8, 4) is 0 Å². The number of aromatic nitrogens is 2. The fraction of sp³-hybridized carbons (Fsp3) is 0.333. The molecule has 0 unspecified atom stereocenters. The topological polar surface area (TPSA) is 51.8 Å². The summed E-state index contributed by atoms with van der Waals surface area (Å²) in [5, 5.41) is 0. The minimum absolute atomic E-state index is 0.554. The summed E-state index contributed by atoms with van der Waals surface area (Å²) >= 11 is 0. The molecule has 3 heteroatoms. The Balaban J connectivity index is 3.31. The molecular formula is C9H13N3. The molecule has 0 spiro atoms. The standard InChI is InChI=1S/C9H13N3/c1-4-6(2)8-7(3)11-5-12-9(8)10/h4-5H,1-3H3,(H2,10,11,12)/b6-4-. The zero-order chi connectivity index (χ0) is 9.14. The molecule has 0 radical (unpaired) electrons. The Morgan fingerprint density at radius 2 is 2.17 bits per heavy atom. The Morgan fingerprint density at radius 3 is 2.67 bits per heavy atom. The van der Waals surface area contributed by atoms with Crippen LogP contribution < -0.4 is 5.73 Å². The van der Waals surface area contributed by atoms with Gasteiger partial charge in [0.2, 0.25) is 0 Å². The van der Waals surface area contributed by atoms with E-state index in [9.17, 15) is 0 Å². The maximum atomic E-state index is 5.71. The van der Waals surface area contributed by atoms with Gasteiger partial charge < -0.3 is 5.73 Å². The monoisotopic (exact) mass is 163 g/mol. The Hall–Kier alpha value is -1.38. The van der Waals surface area contributed by atoms with Crippen molar-refractivity contribution in [3.05, 3.63) is 23.7 Å². The third kappa shape index (κ3) is 1.44. The Morgan fingerprint density at radius 1 is 1.50 bits per heavy atom. The first kappa shape index (κ1) is 8.71. The van der Waals surface area contributed by atoms with Gasteiger partial charge in [0.1, 0.15) is 12.1 Å². The average Bonchev–Trinajstić information content (AvgIpc) is 2.03. The van der Waals surface area contributed by atoms with Crippen molar-refractivity contribution < 1.29 is 0 Å². The summed E-state index contributed by atoms with van der Waals surface area (Å²) in [6.45, 7) is 5.91. The molecule has 1 rings (SSSR count). The lowest BCUT2D eigenvalue weighted by Crippen LogP contribution is -2.00. The number of rotatable bonds is 1. The second kappa shape index (κ2) is 3.34. The van der Waals surface area contributed by atoms with Gasteiger partial charge >= 0.3 is 0 Å². The molecule has 0 saturated carbocycles. The molecule has 0 bridgehead atoms. The first-order valence-electron chi connectivity index (χ1n) is 3.87. The minimum atomic E-state index is 0.554. The number of nitrogens with two attached hydrogens (primary N) is 1. The first-order valence-corrected chi connectivity index (χ1v) is 3.87. The van der Waals surface area contributed by atoms with E-state index in [0.29, 0.717) is 5.82 Å². The van der Waals surface area contributed by atoms with Crippen molar-refractivity contribution in [3.63, 3.8) is 0 Å². The van der Waals surface area contributed by atoms with Crippen molar-refractivity contribution >= 4 is 11.4 Å². The van der Waals surface area contributed by atoms with Crippen LogP contribution in [0.25, 0.3) is 5.57 Å². The average molecular weight is 163 g/mol. The summed E-state index contributed by atoms with van der Waals surface area (Å²) < 4.78 is 0.